The summed E-state index contributed by atoms with van der Waals surface area (Å²) in [4.78, 5) is 0. The Morgan fingerprint density at radius 2 is 0.667 bits per heavy atom. The van der Waals surface area contributed by atoms with Crippen LogP contribution in [0.3, 0.4) is 0 Å². The number of hydrogen-bond acceptors (Lipinski definition) is 5. The van der Waals surface area contributed by atoms with Gasteiger partial charge in [0, 0.05) is 0 Å². The van der Waals surface area contributed by atoms with Gasteiger partial charge in [-0.1, -0.05) is 0 Å². The monoisotopic (exact) mass is 245 g/mol. The van der Waals surface area contributed by atoms with Crippen LogP contribution in [0.5, 0.6) is 0 Å². The zero-order chi connectivity index (χ0) is 5.45. The summed E-state index contributed by atoms with van der Waals surface area (Å²) in [5.74, 6) is 0. The molecule has 0 saturated heterocycles. The van der Waals surface area contributed by atoms with E-state index in [4.69, 9.17) is 7.17 Å². The molecule has 0 N–H and O–H groups in total. The Bertz CT molecular complexity index is 274. The Morgan fingerprint density at radius 3 is 0.667 bits per heavy atom. The van der Waals surface area contributed by atoms with E-state index in [2.05, 4.69) is 0 Å². The van der Waals surface area contributed by atoms with E-state index in [0.717, 1.165) is 0 Å². The van der Waals surface area contributed by atoms with Gasteiger partial charge in [0.25, 0.3) is 0 Å². The van der Waals surface area contributed by atoms with E-state index in [9.17, 15) is 0 Å². The van der Waals surface area contributed by atoms with Crippen LogP contribution in [0.2, 0.25) is 0 Å². The van der Waals surface area contributed by atoms with Crippen molar-refractivity contribution in [1.82, 2.24) is 0 Å². The average molecular weight is 245 g/mol. The zero-order valence-electron chi connectivity index (χ0n) is 2.34. The second-order valence-corrected chi connectivity index (χ2v) is 3.73. The predicted octanol–water partition coefficient (Wildman–Crippen LogP) is -0.594. The molecule has 6 heavy (non-hydrogen) atoms. The van der Waals surface area contributed by atoms with E-state index in [0.29, 0.717) is 0 Å². The van der Waals surface area contributed by atoms with Crippen LogP contribution in [-0.2, 0) is 7.17 Å². The molecule has 0 aliphatic rings. The predicted molar refractivity (Wildman–Crippen MR) is 3.43 cm³/mol. The standard InChI is InChI=1S/Ho.5O. The van der Waals surface area contributed by atoms with Crippen LogP contribution in [-0.4, -0.2) is 0 Å². The Hall–Kier alpha value is 0.260. The van der Waals surface area contributed by atoms with Crippen LogP contribution < -0.4 is 0 Å². The van der Waals surface area contributed by atoms with Crippen LogP contribution in [0, 0.1) is 28.5 Å². The Balaban J connectivity index is 7.45. The third-order valence-electron chi connectivity index (χ3n) is 0. The molecule has 0 fully saturated rings. The molecule has 0 atom stereocenters. The molecule has 0 spiro atoms. The average Bonchev–Trinajstić information content (AvgIpc) is 0.650. The van der Waals surface area contributed by atoms with Crippen LogP contribution >= 0.6 is 0 Å². The minimum absolute atomic E-state index is 7.75. The topological polar surface area (TPSA) is 85.3 Å². The molecule has 0 aliphatic carbocycles. The molecule has 0 radical (unpaired) electrons. The van der Waals surface area contributed by atoms with Gasteiger partial charge in [0.15, 0.2) is 0 Å². The van der Waals surface area contributed by atoms with Gasteiger partial charge in [0.05, 0.1) is 0 Å². The van der Waals surface area contributed by atoms with Gasteiger partial charge in [0.1, 0.15) is 0 Å². The van der Waals surface area contributed by atoms with E-state index in [1.165, 1.54) is 0 Å². The molecular formula is HoO5. The molecule has 6 heteroatoms. The molecule has 0 saturated carbocycles. The Kier molecular flexibility index (Phi) is 0.946. The summed E-state index contributed by atoms with van der Waals surface area (Å²) < 4.78 is 43.2. The molecule has 0 amide bonds. The van der Waals surface area contributed by atoms with Crippen molar-refractivity contribution in [2.75, 3.05) is 0 Å². The molecule has 0 unspecified atom stereocenters. The summed E-state index contributed by atoms with van der Waals surface area (Å²) in [5, 5.41) is 0. The van der Waals surface area contributed by atoms with Crippen molar-refractivity contribution in [1.29, 1.82) is 0 Å². The summed E-state index contributed by atoms with van der Waals surface area (Å²) in [6.45, 7) is 0. The maximum atomic E-state index is 8.64. The summed E-state index contributed by atoms with van der Waals surface area (Å²) in [7, 11) is 0. The van der Waals surface area contributed by atoms with Gasteiger partial charge < -0.3 is 0 Å². The molecule has 0 aromatic rings. The van der Waals surface area contributed by atoms with Crippen molar-refractivity contribution in [3.63, 3.8) is 0 Å². The first-order valence-electron chi connectivity index (χ1n) is 0.615. The van der Waals surface area contributed by atoms with Gasteiger partial charge in [0.2, 0.25) is 0 Å². The first kappa shape index (κ1) is 6.26. The van der Waals surface area contributed by atoms with Crippen LogP contribution in [0.4, 0.5) is 0 Å². The molecule has 41 valence electrons. The van der Waals surface area contributed by atoms with Crippen LogP contribution in [0.15, 0.2) is 0 Å². The van der Waals surface area contributed by atoms with Crippen molar-refractivity contribution in [2.45, 2.75) is 0 Å². The van der Waals surface area contributed by atoms with E-state index in [-0.39, 0.29) is 0 Å². The first-order valence-corrected chi connectivity index (χ1v) is 4.56. The fraction of sp³-hybridized carbons (Fsp3) is 0. The van der Waals surface area contributed by atoms with E-state index < -0.39 is 28.5 Å². The van der Waals surface area contributed by atoms with Gasteiger partial charge in [-0.2, -0.15) is 0 Å². The van der Waals surface area contributed by atoms with Gasteiger partial charge in [-0.05, 0) is 0 Å². The third-order valence-corrected chi connectivity index (χ3v) is 0. The van der Waals surface area contributed by atoms with Crippen LogP contribution in [0.25, 0.3) is 0 Å². The molecule has 0 aliphatic heterocycles. The summed E-state index contributed by atoms with van der Waals surface area (Å²) in [6.07, 6.45) is 0. The van der Waals surface area contributed by atoms with Gasteiger partial charge in [-0.15, -0.1) is 0 Å². The normalized spacial score (nSPS) is 18.3. The molecule has 5 nitrogen and oxygen atoms in total. The number of rotatable bonds is 0. The third kappa shape index (κ3) is 671. The molecule has 0 rings (SSSR count). The molecular weight excluding hydrogens is 245 g/mol. The molecule has 0 aromatic heterocycles. The van der Waals surface area contributed by atoms with E-state index >= 15 is 0 Å². The summed E-state index contributed by atoms with van der Waals surface area (Å²) >= 11 is -7.75. The minimum atomic E-state index is -7.75. The second-order valence-electron chi connectivity index (χ2n) is 0.503. The zero-order valence-corrected chi connectivity index (χ0v) is 4.28. The van der Waals surface area contributed by atoms with Crippen molar-refractivity contribution in [3.05, 3.63) is 0 Å². The van der Waals surface area contributed by atoms with E-state index in [1.54, 1.807) is 0 Å². The quantitative estimate of drug-likeness (QED) is 0.532. The first-order chi connectivity index (χ1) is 2.24. The van der Waals surface area contributed by atoms with Crippen molar-refractivity contribution in [2.24, 2.45) is 0 Å². The summed E-state index contributed by atoms with van der Waals surface area (Å²) in [6, 6.07) is 0. The van der Waals surface area contributed by atoms with E-state index in [1.807, 2.05) is 0 Å². The van der Waals surface area contributed by atoms with Crippen molar-refractivity contribution in [3.8, 4) is 0 Å². The van der Waals surface area contributed by atoms with Gasteiger partial charge in [-0.25, -0.2) is 0 Å². The fourth-order valence-electron chi connectivity index (χ4n) is 0. The van der Waals surface area contributed by atoms with Crippen molar-refractivity contribution < 1.29 is 35.6 Å². The van der Waals surface area contributed by atoms with Crippen molar-refractivity contribution >= 4 is 0 Å². The number of hydrogen-bond donors (Lipinski definition) is 0. The molecule has 0 heterocycles. The molecule has 0 aromatic carbocycles. The van der Waals surface area contributed by atoms with Crippen LogP contribution in [0.1, 0.15) is 0 Å². The Morgan fingerprint density at radius 1 is 0.667 bits per heavy atom. The second kappa shape index (κ2) is 0.907. The Labute approximate surface area is 35.4 Å². The van der Waals surface area contributed by atoms with Gasteiger partial charge >= 0.3 is 35.6 Å². The fourth-order valence-corrected chi connectivity index (χ4v) is 0. The van der Waals surface area contributed by atoms with Gasteiger partial charge in [-0.3, -0.25) is 0 Å². The SMILES string of the molecule is [O]=[Ho](=[O])(=[O])(=[O])=[O]. The summed E-state index contributed by atoms with van der Waals surface area (Å²) in [5.41, 5.74) is 0. The maximum absolute atomic E-state index is 8.64. The molecule has 0 bridgehead atoms.